The highest BCUT2D eigenvalue weighted by Crippen LogP contribution is 2.40. The molecule has 2 aliphatic rings. The minimum atomic E-state index is -3.72. The number of hydrogen-bond donors (Lipinski definition) is 1. The van der Waals surface area contributed by atoms with Gasteiger partial charge in [-0.2, -0.15) is 4.31 Å². The molecule has 0 radical (unpaired) electrons. The van der Waals surface area contributed by atoms with Crippen LogP contribution >= 0.6 is 0 Å². The van der Waals surface area contributed by atoms with E-state index >= 15 is 0 Å². The topological polar surface area (TPSA) is 113 Å². The SMILES string of the molecule is COCCCN1C(=O)C(=O)/C(=C(/O)c2ccc(S(=O)(=O)N3CCOCC3)cc2)[C@H]1c1ccc(C(C)C)cc1. The summed E-state index contributed by atoms with van der Waals surface area (Å²) in [4.78, 5) is 27.8. The van der Waals surface area contributed by atoms with Crippen LogP contribution in [0.5, 0.6) is 0 Å². The Morgan fingerprint density at radius 1 is 1.05 bits per heavy atom. The number of carbonyl (C=O) groups excluding carboxylic acids is 2. The number of likely N-dealkylation sites (tertiary alicyclic amines) is 1. The van der Waals surface area contributed by atoms with Gasteiger partial charge in [0.1, 0.15) is 5.76 Å². The molecule has 0 aliphatic carbocycles. The lowest BCUT2D eigenvalue weighted by molar-refractivity contribution is -0.140. The highest BCUT2D eigenvalue weighted by molar-refractivity contribution is 7.89. The van der Waals surface area contributed by atoms with E-state index in [1.165, 1.54) is 33.5 Å². The Hall–Kier alpha value is -3.05. The lowest BCUT2D eigenvalue weighted by Crippen LogP contribution is -2.40. The number of rotatable bonds is 9. The fraction of sp³-hybridized carbons (Fsp3) is 0.429. The number of Topliss-reactive ketones (excluding diaryl/α,β-unsaturated/α-hetero) is 1. The maximum atomic E-state index is 13.2. The maximum absolute atomic E-state index is 13.2. The van der Waals surface area contributed by atoms with Gasteiger partial charge in [-0.15, -0.1) is 0 Å². The number of aliphatic hydroxyl groups is 1. The normalized spacial score (nSPS) is 20.4. The first-order valence-corrected chi connectivity index (χ1v) is 14.2. The molecule has 2 aromatic carbocycles. The first-order valence-electron chi connectivity index (χ1n) is 12.7. The molecule has 0 bridgehead atoms. The molecule has 0 aromatic heterocycles. The second kappa shape index (κ2) is 11.8. The average Bonchev–Trinajstić information content (AvgIpc) is 3.18. The number of ketones is 1. The molecular formula is C28H34N2O7S. The molecule has 1 N–H and O–H groups in total. The molecule has 2 aromatic rings. The number of nitrogens with zero attached hydrogens (tertiary/aromatic N) is 2. The van der Waals surface area contributed by atoms with Crippen molar-refractivity contribution in [2.45, 2.75) is 37.1 Å². The van der Waals surface area contributed by atoms with E-state index in [9.17, 15) is 23.1 Å². The predicted molar refractivity (Wildman–Crippen MR) is 142 cm³/mol. The Kier molecular flexibility index (Phi) is 8.67. The quantitative estimate of drug-likeness (QED) is 0.224. The lowest BCUT2D eigenvalue weighted by Gasteiger charge is -2.26. The summed E-state index contributed by atoms with van der Waals surface area (Å²) < 4.78 is 37.7. The van der Waals surface area contributed by atoms with Gasteiger partial charge in [-0.05, 0) is 47.7 Å². The van der Waals surface area contributed by atoms with Crippen molar-refractivity contribution in [3.05, 3.63) is 70.8 Å². The third kappa shape index (κ3) is 5.54. The summed E-state index contributed by atoms with van der Waals surface area (Å²) in [6.07, 6.45) is 0.526. The number of benzene rings is 2. The van der Waals surface area contributed by atoms with E-state index in [4.69, 9.17) is 9.47 Å². The number of methoxy groups -OCH3 is 1. The summed E-state index contributed by atoms with van der Waals surface area (Å²) in [5.74, 6) is -1.50. The van der Waals surface area contributed by atoms with E-state index in [2.05, 4.69) is 13.8 Å². The zero-order valence-corrected chi connectivity index (χ0v) is 22.7. The first kappa shape index (κ1) is 28.0. The van der Waals surface area contributed by atoms with Crippen molar-refractivity contribution in [2.24, 2.45) is 0 Å². The van der Waals surface area contributed by atoms with E-state index in [1.54, 1.807) is 7.11 Å². The molecule has 38 heavy (non-hydrogen) atoms. The van der Waals surface area contributed by atoms with Gasteiger partial charge in [0.2, 0.25) is 10.0 Å². The van der Waals surface area contributed by atoms with Gasteiger partial charge in [0, 0.05) is 38.9 Å². The van der Waals surface area contributed by atoms with Gasteiger partial charge in [-0.25, -0.2) is 8.42 Å². The second-order valence-electron chi connectivity index (χ2n) is 9.70. The van der Waals surface area contributed by atoms with Crippen LogP contribution in [0.1, 0.15) is 48.9 Å². The molecule has 2 saturated heterocycles. The highest BCUT2D eigenvalue weighted by Gasteiger charge is 2.45. The molecule has 2 fully saturated rings. The monoisotopic (exact) mass is 542 g/mol. The molecule has 0 unspecified atom stereocenters. The van der Waals surface area contributed by atoms with Crippen LogP contribution in [0, 0.1) is 0 Å². The van der Waals surface area contributed by atoms with E-state index in [-0.39, 0.29) is 41.4 Å². The van der Waals surface area contributed by atoms with Crippen LogP contribution in [0.25, 0.3) is 5.76 Å². The number of sulfonamides is 1. The first-order chi connectivity index (χ1) is 18.2. The summed E-state index contributed by atoms with van der Waals surface area (Å²) >= 11 is 0. The Labute approximate surface area is 223 Å². The molecule has 0 saturated carbocycles. The van der Waals surface area contributed by atoms with E-state index in [1.807, 2.05) is 24.3 Å². The maximum Gasteiger partial charge on any atom is 0.295 e. The fourth-order valence-electron chi connectivity index (χ4n) is 4.78. The van der Waals surface area contributed by atoms with Crippen LogP contribution in [-0.4, -0.2) is 81.0 Å². The van der Waals surface area contributed by atoms with Gasteiger partial charge in [-0.3, -0.25) is 9.59 Å². The van der Waals surface area contributed by atoms with Crippen LogP contribution in [0.4, 0.5) is 0 Å². The molecule has 2 heterocycles. The zero-order chi connectivity index (χ0) is 27.4. The van der Waals surface area contributed by atoms with Crippen LogP contribution in [-0.2, 0) is 29.1 Å². The zero-order valence-electron chi connectivity index (χ0n) is 21.9. The van der Waals surface area contributed by atoms with Crippen molar-refractivity contribution in [3.8, 4) is 0 Å². The summed E-state index contributed by atoms with van der Waals surface area (Å²) in [5, 5.41) is 11.3. The van der Waals surface area contributed by atoms with Crippen molar-refractivity contribution >= 4 is 27.5 Å². The summed E-state index contributed by atoms with van der Waals surface area (Å²) in [6, 6.07) is 12.6. The Morgan fingerprint density at radius 3 is 2.26 bits per heavy atom. The summed E-state index contributed by atoms with van der Waals surface area (Å²) in [7, 11) is -2.15. The van der Waals surface area contributed by atoms with Crippen molar-refractivity contribution in [2.75, 3.05) is 46.6 Å². The van der Waals surface area contributed by atoms with E-state index in [0.717, 1.165) is 5.56 Å². The third-order valence-corrected chi connectivity index (χ3v) is 8.85. The fourth-order valence-corrected chi connectivity index (χ4v) is 6.18. The summed E-state index contributed by atoms with van der Waals surface area (Å²) in [5.41, 5.74) is 2.05. The highest BCUT2D eigenvalue weighted by atomic mass is 32.2. The molecule has 204 valence electrons. The van der Waals surface area contributed by atoms with Crippen molar-refractivity contribution in [3.63, 3.8) is 0 Å². The van der Waals surface area contributed by atoms with Gasteiger partial charge >= 0.3 is 0 Å². The van der Waals surface area contributed by atoms with Gasteiger partial charge in [0.15, 0.2) is 0 Å². The number of amides is 1. The largest absolute Gasteiger partial charge is 0.507 e. The van der Waals surface area contributed by atoms with Crippen LogP contribution < -0.4 is 0 Å². The van der Waals surface area contributed by atoms with Crippen LogP contribution in [0.15, 0.2) is 59.0 Å². The number of carbonyl (C=O) groups is 2. The smallest absolute Gasteiger partial charge is 0.295 e. The molecule has 10 heteroatoms. The molecule has 4 rings (SSSR count). The summed E-state index contributed by atoms with van der Waals surface area (Å²) in [6.45, 7) is 6.06. The predicted octanol–water partition coefficient (Wildman–Crippen LogP) is 3.29. The molecule has 1 amide bonds. The molecule has 9 nitrogen and oxygen atoms in total. The molecule has 1 atom stereocenters. The van der Waals surface area contributed by atoms with Gasteiger partial charge in [0.05, 0.1) is 29.7 Å². The standard InChI is InChI=1S/C28H34N2O7S/c1-19(2)20-5-7-21(8-6-20)25-24(27(32)28(33)30(25)13-4-16-36-3)26(31)22-9-11-23(12-10-22)38(34,35)29-14-17-37-18-15-29/h5-12,19,25,31H,4,13-18H2,1-3H3/b26-24+/t25-/m1/s1. The van der Waals surface area contributed by atoms with Crippen molar-refractivity contribution < 1.29 is 32.6 Å². The van der Waals surface area contributed by atoms with Gasteiger partial charge < -0.3 is 19.5 Å². The molecule has 2 aliphatic heterocycles. The Bertz CT molecular complexity index is 1300. The van der Waals surface area contributed by atoms with Crippen LogP contribution in [0.3, 0.4) is 0 Å². The minimum Gasteiger partial charge on any atom is -0.507 e. The second-order valence-corrected chi connectivity index (χ2v) is 11.6. The van der Waals surface area contributed by atoms with Crippen LogP contribution in [0.2, 0.25) is 0 Å². The average molecular weight is 543 g/mol. The van der Waals surface area contributed by atoms with Gasteiger partial charge in [-0.1, -0.05) is 38.1 Å². The number of ether oxygens (including phenoxy) is 2. The van der Waals surface area contributed by atoms with Crippen molar-refractivity contribution in [1.82, 2.24) is 9.21 Å². The number of hydrogen-bond acceptors (Lipinski definition) is 7. The molecule has 0 spiro atoms. The van der Waals surface area contributed by atoms with E-state index in [0.29, 0.717) is 37.7 Å². The lowest BCUT2D eigenvalue weighted by atomic mass is 9.93. The van der Waals surface area contributed by atoms with E-state index < -0.39 is 27.8 Å². The van der Waals surface area contributed by atoms with Crippen molar-refractivity contribution in [1.29, 1.82) is 0 Å². The Balaban J connectivity index is 1.72. The Morgan fingerprint density at radius 2 is 1.68 bits per heavy atom. The molecular weight excluding hydrogens is 508 g/mol. The van der Waals surface area contributed by atoms with Gasteiger partial charge in [0.25, 0.3) is 11.7 Å². The minimum absolute atomic E-state index is 0.0199. The number of aliphatic hydroxyl groups excluding tert-OH is 1. The third-order valence-electron chi connectivity index (χ3n) is 6.94. The number of morpholine rings is 1.